The van der Waals surface area contributed by atoms with E-state index in [1.54, 1.807) is 12.1 Å². The Morgan fingerprint density at radius 2 is 2.08 bits per heavy atom. The minimum atomic E-state index is -0.354. The highest BCUT2D eigenvalue weighted by Gasteiger charge is 2.24. The Balaban J connectivity index is 2.18. The molecule has 3 nitrogen and oxygen atoms in total. The Bertz CT molecular complexity index is 911. The van der Waals surface area contributed by atoms with Gasteiger partial charge in [-0.1, -0.05) is 35.9 Å². The molecule has 0 spiro atoms. The minimum absolute atomic E-state index is 0.269. The maximum Gasteiger partial charge on any atom is 0.215 e. The maximum atomic E-state index is 14.5. The Morgan fingerprint density at radius 1 is 1.29 bits per heavy atom. The number of hydrogen-bond donors (Lipinski definition) is 0. The van der Waals surface area contributed by atoms with E-state index in [1.807, 2.05) is 35.9 Å². The number of rotatable bonds is 5. The van der Waals surface area contributed by atoms with E-state index in [9.17, 15) is 4.39 Å². The van der Waals surface area contributed by atoms with Gasteiger partial charge in [-0.25, -0.2) is 11.0 Å². The highest BCUT2D eigenvalue weighted by atomic mass is 35.5. The zero-order valence-electron chi connectivity index (χ0n) is 13.3. The first kappa shape index (κ1) is 16.5. The third-order valence-corrected chi connectivity index (χ3v) is 4.42. The molecule has 3 rings (SSSR count). The van der Waals surface area contributed by atoms with E-state index in [4.69, 9.17) is 23.3 Å². The quantitative estimate of drug-likeness (QED) is 0.578. The molecule has 1 aromatic heterocycles. The smallest absolute Gasteiger partial charge is 0.215 e. The van der Waals surface area contributed by atoms with Crippen molar-refractivity contribution in [2.75, 3.05) is 6.54 Å². The predicted octanol–water partition coefficient (Wildman–Crippen LogP) is 5.29. The van der Waals surface area contributed by atoms with Crippen molar-refractivity contribution in [1.29, 1.82) is 0 Å². The summed E-state index contributed by atoms with van der Waals surface area (Å²) in [6.45, 7) is 10.2. The first-order valence-electron chi connectivity index (χ1n) is 7.89. The molecule has 1 atom stereocenters. The van der Waals surface area contributed by atoms with Crippen molar-refractivity contribution >= 4 is 22.5 Å². The highest BCUT2D eigenvalue weighted by molar-refractivity contribution is 6.30. The van der Waals surface area contributed by atoms with Gasteiger partial charge >= 0.3 is 0 Å². The van der Waals surface area contributed by atoms with Crippen LogP contribution in [0.5, 0.6) is 0 Å². The predicted molar refractivity (Wildman–Crippen MR) is 94.7 cm³/mol. The molecule has 1 heterocycles. The number of aryl methyl sites for hydroxylation is 1. The van der Waals surface area contributed by atoms with Gasteiger partial charge in [0.05, 0.1) is 11.2 Å². The van der Waals surface area contributed by atoms with E-state index in [2.05, 4.69) is 4.85 Å². The molecule has 0 radical (unpaired) electrons. The number of aromatic nitrogens is 2. The largest absolute Gasteiger partial charge is 0.317 e. The summed E-state index contributed by atoms with van der Waals surface area (Å²) in [5, 5.41) is 6.08. The summed E-state index contributed by atoms with van der Waals surface area (Å²) in [7, 11) is 0. The molecule has 24 heavy (non-hydrogen) atoms. The second-order valence-electron chi connectivity index (χ2n) is 5.61. The van der Waals surface area contributed by atoms with Crippen molar-refractivity contribution in [2.24, 2.45) is 0 Å². The van der Waals surface area contributed by atoms with Gasteiger partial charge in [-0.3, -0.25) is 4.68 Å². The number of fused-ring (bicyclic) bond motifs is 1. The van der Waals surface area contributed by atoms with Gasteiger partial charge in [0.25, 0.3) is 0 Å². The average molecular weight is 342 g/mol. The van der Waals surface area contributed by atoms with E-state index >= 15 is 0 Å². The van der Waals surface area contributed by atoms with Gasteiger partial charge in [-0.15, -0.1) is 0 Å². The summed E-state index contributed by atoms with van der Waals surface area (Å²) in [6.07, 6.45) is 0.521. The average Bonchev–Trinajstić information content (AvgIpc) is 2.95. The molecule has 2 aromatic carbocycles. The molecule has 0 saturated carbocycles. The van der Waals surface area contributed by atoms with Crippen molar-refractivity contribution in [3.8, 4) is 0 Å². The lowest BCUT2D eigenvalue weighted by atomic mass is 9.90. The van der Waals surface area contributed by atoms with E-state index in [-0.39, 0.29) is 11.7 Å². The van der Waals surface area contributed by atoms with Gasteiger partial charge in [0.15, 0.2) is 0 Å². The van der Waals surface area contributed by atoms with E-state index in [1.165, 1.54) is 6.07 Å². The van der Waals surface area contributed by atoms with Crippen molar-refractivity contribution in [2.45, 2.75) is 25.8 Å². The summed E-state index contributed by atoms with van der Waals surface area (Å²) in [5.41, 5.74) is 2.38. The number of nitrogens with zero attached hydrogens (tertiary/aromatic N) is 3. The van der Waals surface area contributed by atoms with Gasteiger partial charge in [-0.05, 0) is 30.7 Å². The van der Waals surface area contributed by atoms with Crippen LogP contribution in [-0.2, 0) is 6.54 Å². The molecule has 0 aliphatic carbocycles. The lowest BCUT2D eigenvalue weighted by Gasteiger charge is -2.14. The van der Waals surface area contributed by atoms with E-state index < -0.39 is 0 Å². The molecular weight excluding hydrogens is 325 g/mol. The fourth-order valence-electron chi connectivity index (χ4n) is 3.07. The van der Waals surface area contributed by atoms with E-state index in [0.717, 1.165) is 23.1 Å². The number of benzene rings is 2. The summed E-state index contributed by atoms with van der Waals surface area (Å²) < 4.78 is 16.4. The van der Waals surface area contributed by atoms with Crippen LogP contribution in [-0.4, -0.2) is 16.3 Å². The Kier molecular flexibility index (Phi) is 4.82. The van der Waals surface area contributed by atoms with Gasteiger partial charge in [-0.2, -0.15) is 5.10 Å². The van der Waals surface area contributed by atoms with Crippen LogP contribution in [0.4, 0.5) is 4.39 Å². The summed E-state index contributed by atoms with van der Waals surface area (Å²) in [6, 6.07) is 12.6. The van der Waals surface area contributed by atoms with Crippen molar-refractivity contribution < 1.29 is 4.39 Å². The molecule has 0 saturated heterocycles. The minimum Gasteiger partial charge on any atom is -0.317 e. The summed E-state index contributed by atoms with van der Waals surface area (Å²) in [5.74, 6) is -0.623. The van der Waals surface area contributed by atoms with Gasteiger partial charge in [0.1, 0.15) is 5.82 Å². The number of hydrogen-bond acceptors (Lipinski definition) is 1. The first-order valence-corrected chi connectivity index (χ1v) is 8.27. The number of halogens is 2. The van der Waals surface area contributed by atoms with Gasteiger partial charge in [0.2, 0.25) is 6.54 Å². The third-order valence-electron chi connectivity index (χ3n) is 4.18. The molecule has 1 unspecified atom stereocenters. The molecule has 0 fully saturated rings. The van der Waals surface area contributed by atoms with Crippen LogP contribution in [0, 0.1) is 12.4 Å². The lowest BCUT2D eigenvalue weighted by Crippen LogP contribution is -2.07. The normalized spacial score (nSPS) is 12.2. The highest BCUT2D eigenvalue weighted by Crippen LogP contribution is 2.34. The second-order valence-corrected chi connectivity index (χ2v) is 6.04. The summed E-state index contributed by atoms with van der Waals surface area (Å²) >= 11 is 5.89. The lowest BCUT2D eigenvalue weighted by molar-refractivity contribution is 0.580. The zero-order chi connectivity index (χ0) is 17.1. The standard InChI is InChI=1S/C19H17ClFN3/c1-3-24-18-7-5-4-6-16(18)19(23-24)15(10-11-22-2)14-9-8-13(20)12-17(14)21/h4-9,12,15H,3,10-11H2,1H3. The second kappa shape index (κ2) is 7.02. The van der Waals surface area contributed by atoms with Crippen LogP contribution in [0.1, 0.15) is 30.5 Å². The molecule has 122 valence electrons. The fourth-order valence-corrected chi connectivity index (χ4v) is 3.23. The molecule has 0 aliphatic heterocycles. The van der Waals surface area contributed by atoms with E-state index in [0.29, 0.717) is 23.6 Å². The number of para-hydroxylation sites is 1. The van der Waals surface area contributed by atoms with Crippen LogP contribution < -0.4 is 0 Å². The van der Waals surface area contributed by atoms with Crippen molar-refractivity contribution in [3.05, 3.63) is 76.0 Å². The Hall–Kier alpha value is -2.38. The fraction of sp³-hybridized carbons (Fsp3) is 0.263. The third kappa shape index (κ3) is 3.00. The van der Waals surface area contributed by atoms with Gasteiger partial charge < -0.3 is 4.85 Å². The first-order chi connectivity index (χ1) is 11.7. The van der Waals surface area contributed by atoms with Crippen molar-refractivity contribution in [3.63, 3.8) is 0 Å². The molecule has 0 bridgehead atoms. The van der Waals surface area contributed by atoms with Crippen LogP contribution in [0.25, 0.3) is 15.7 Å². The Morgan fingerprint density at radius 3 is 2.79 bits per heavy atom. The SMILES string of the molecule is [C-]#[N+]CCC(c1ccc(Cl)cc1F)c1nn(CC)c2ccccc12. The molecule has 0 aliphatic rings. The van der Waals surface area contributed by atoms with Crippen LogP contribution >= 0.6 is 11.6 Å². The van der Waals surface area contributed by atoms with Crippen LogP contribution in [0.2, 0.25) is 5.02 Å². The molecule has 0 N–H and O–H groups in total. The molecule has 5 heteroatoms. The monoisotopic (exact) mass is 341 g/mol. The van der Waals surface area contributed by atoms with Gasteiger partial charge in [0, 0.05) is 29.3 Å². The van der Waals surface area contributed by atoms with Crippen molar-refractivity contribution in [1.82, 2.24) is 9.78 Å². The topological polar surface area (TPSA) is 22.2 Å². The Labute approximate surface area is 145 Å². The molecule has 3 aromatic rings. The van der Waals surface area contributed by atoms with Crippen LogP contribution in [0.3, 0.4) is 0 Å². The molecular formula is C19H17ClFN3. The molecule has 0 amide bonds. The van der Waals surface area contributed by atoms with Crippen LogP contribution in [0.15, 0.2) is 42.5 Å². The maximum absolute atomic E-state index is 14.5. The zero-order valence-corrected chi connectivity index (χ0v) is 14.1. The summed E-state index contributed by atoms with van der Waals surface area (Å²) in [4.78, 5) is 3.45.